The molecule has 88 valence electrons. The second-order valence-corrected chi connectivity index (χ2v) is 4.71. The minimum atomic E-state index is -0.463. The van der Waals surface area contributed by atoms with Gasteiger partial charge in [-0.05, 0) is 40.0 Å². The van der Waals surface area contributed by atoms with E-state index in [9.17, 15) is 4.79 Å². The molecule has 0 heterocycles. The Hall–Kier alpha value is -1.23. The molecule has 0 aliphatic heterocycles. The monoisotopic (exact) mass is 286 g/mol. The van der Waals surface area contributed by atoms with Gasteiger partial charge >= 0.3 is 6.09 Å². The van der Waals surface area contributed by atoms with E-state index in [4.69, 9.17) is 10.5 Å². The topological polar surface area (TPSA) is 64.3 Å². The number of ether oxygens (including phenoxy) is 1. The van der Waals surface area contributed by atoms with Gasteiger partial charge in [0.05, 0.1) is 6.61 Å². The largest absolute Gasteiger partial charge is 0.449 e. The van der Waals surface area contributed by atoms with E-state index >= 15 is 0 Å². The van der Waals surface area contributed by atoms with Crippen LogP contribution in [0.4, 0.5) is 16.2 Å². The van der Waals surface area contributed by atoms with Crippen LogP contribution in [-0.4, -0.2) is 12.7 Å². The molecule has 0 aliphatic rings. The zero-order valence-electron chi connectivity index (χ0n) is 9.29. The fourth-order valence-corrected chi connectivity index (χ4v) is 1.26. The summed E-state index contributed by atoms with van der Waals surface area (Å²) in [7, 11) is 0. The number of anilines is 2. The summed E-state index contributed by atoms with van der Waals surface area (Å²) in [5.41, 5.74) is 6.87. The molecule has 0 aliphatic carbocycles. The van der Waals surface area contributed by atoms with Gasteiger partial charge < -0.3 is 10.5 Å². The van der Waals surface area contributed by atoms with E-state index in [1.54, 1.807) is 18.2 Å². The van der Waals surface area contributed by atoms with E-state index < -0.39 is 6.09 Å². The lowest BCUT2D eigenvalue weighted by Crippen LogP contribution is -2.16. The Bertz CT molecular complexity index is 380. The summed E-state index contributed by atoms with van der Waals surface area (Å²) in [4.78, 5) is 11.3. The summed E-state index contributed by atoms with van der Waals surface area (Å²) >= 11 is 3.28. The van der Waals surface area contributed by atoms with E-state index in [0.717, 1.165) is 4.47 Å². The van der Waals surface area contributed by atoms with Crippen molar-refractivity contribution < 1.29 is 9.53 Å². The second-order valence-electron chi connectivity index (χ2n) is 3.85. The van der Waals surface area contributed by atoms with Crippen LogP contribution in [-0.2, 0) is 4.74 Å². The number of hydrogen-bond acceptors (Lipinski definition) is 3. The fourth-order valence-electron chi connectivity index (χ4n) is 1.02. The van der Waals surface area contributed by atoms with Crippen LogP contribution < -0.4 is 11.1 Å². The number of nitrogens with two attached hydrogens (primary N) is 1. The molecule has 0 atom stereocenters. The minimum Gasteiger partial charge on any atom is -0.449 e. The molecular formula is C11H15BrN2O2. The Balaban J connectivity index is 2.53. The summed E-state index contributed by atoms with van der Waals surface area (Å²) in [6, 6.07) is 5.19. The van der Waals surface area contributed by atoms with Crippen LogP contribution in [0.3, 0.4) is 0 Å². The van der Waals surface area contributed by atoms with E-state index in [1.165, 1.54) is 0 Å². The summed E-state index contributed by atoms with van der Waals surface area (Å²) in [6.45, 7) is 4.35. The zero-order chi connectivity index (χ0) is 12.1. The molecule has 0 unspecified atom stereocenters. The quantitative estimate of drug-likeness (QED) is 0.839. The number of carbonyl (C=O) groups excluding carboxylic acids is 1. The standard InChI is InChI=1S/C11H15BrN2O2/c1-7(2)6-16-11(15)14-8-3-4-9(12)10(13)5-8/h3-5,7H,6,13H2,1-2H3,(H,14,15). The highest BCUT2D eigenvalue weighted by Crippen LogP contribution is 2.22. The molecule has 0 aromatic heterocycles. The third-order valence-corrected chi connectivity index (χ3v) is 2.51. The summed E-state index contributed by atoms with van der Waals surface area (Å²) < 4.78 is 5.77. The molecular weight excluding hydrogens is 272 g/mol. The molecule has 0 bridgehead atoms. The number of nitrogens with one attached hydrogen (secondary N) is 1. The van der Waals surface area contributed by atoms with Gasteiger partial charge in [-0.3, -0.25) is 5.32 Å². The Morgan fingerprint density at radius 3 is 2.81 bits per heavy atom. The van der Waals surface area contributed by atoms with Crippen LogP contribution >= 0.6 is 15.9 Å². The van der Waals surface area contributed by atoms with Crippen molar-refractivity contribution in [3.05, 3.63) is 22.7 Å². The van der Waals surface area contributed by atoms with Crippen LogP contribution in [0.15, 0.2) is 22.7 Å². The first-order valence-electron chi connectivity index (χ1n) is 4.98. The molecule has 0 spiro atoms. The highest BCUT2D eigenvalue weighted by Gasteiger charge is 2.05. The third kappa shape index (κ3) is 4.10. The van der Waals surface area contributed by atoms with Gasteiger partial charge in [-0.15, -0.1) is 0 Å². The molecule has 1 aromatic carbocycles. The van der Waals surface area contributed by atoms with Crippen molar-refractivity contribution >= 4 is 33.4 Å². The fraction of sp³-hybridized carbons (Fsp3) is 0.364. The number of rotatable bonds is 3. The molecule has 1 aromatic rings. The van der Waals surface area contributed by atoms with Crippen molar-refractivity contribution in [1.29, 1.82) is 0 Å². The highest BCUT2D eigenvalue weighted by atomic mass is 79.9. The van der Waals surface area contributed by atoms with E-state index in [0.29, 0.717) is 23.9 Å². The molecule has 0 radical (unpaired) electrons. The average Bonchev–Trinajstić information content (AvgIpc) is 2.21. The Morgan fingerprint density at radius 2 is 2.25 bits per heavy atom. The van der Waals surface area contributed by atoms with Gasteiger partial charge in [0.25, 0.3) is 0 Å². The maximum atomic E-state index is 11.3. The summed E-state index contributed by atoms with van der Waals surface area (Å²) in [5, 5.41) is 2.60. The molecule has 1 amide bonds. The minimum absolute atomic E-state index is 0.320. The number of nitrogen functional groups attached to an aromatic ring is 1. The molecule has 4 nitrogen and oxygen atoms in total. The van der Waals surface area contributed by atoms with E-state index in [-0.39, 0.29) is 0 Å². The molecule has 5 heteroatoms. The predicted molar refractivity (Wildman–Crippen MR) is 68.4 cm³/mol. The smallest absolute Gasteiger partial charge is 0.411 e. The number of amides is 1. The van der Waals surface area contributed by atoms with Crippen molar-refractivity contribution in [2.45, 2.75) is 13.8 Å². The van der Waals surface area contributed by atoms with Gasteiger partial charge in [-0.2, -0.15) is 0 Å². The molecule has 0 saturated carbocycles. The number of halogens is 1. The van der Waals surface area contributed by atoms with Crippen molar-refractivity contribution in [2.75, 3.05) is 17.7 Å². The van der Waals surface area contributed by atoms with Crippen molar-refractivity contribution in [3.63, 3.8) is 0 Å². The van der Waals surface area contributed by atoms with Crippen LogP contribution in [0.1, 0.15) is 13.8 Å². The highest BCUT2D eigenvalue weighted by molar-refractivity contribution is 9.10. The van der Waals surface area contributed by atoms with Gasteiger partial charge in [-0.25, -0.2) is 4.79 Å². The lowest BCUT2D eigenvalue weighted by molar-refractivity contribution is 0.147. The number of carbonyl (C=O) groups is 1. The van der Waals surface area contributed by atoms with Crippen LogP contribution in [0.2, 0.25) is 0 Å². The summed E-state index contributed by atoms with van der Waals surface area (Å²) in [6.07, 6.45) is -0.463. The third-order valence-electron chi connectivity index (χ3n) is 1.79. The first-order chi connectivity index (χ1) is 7.49. The zero-order valence-corrected chi connectivity index (χ0v) is 10.9. The van der Waals surface area contributed by atoms with E-state index in [1.807, 2.05) is 13.8 Å². The molecule has 16 heavy (non-hydrogen) atoms. The lowest BCUT2D eigenvalue weighted by Gasteiger charge is -2.09. The summed E-state index contributed by atoms with van der Waals surface area (Å²) in [5.74, 6) is 0.320. The SMILES string of the molecule is CC(C)COC(=O)Nc1ccc(Br)c(N)c1. The van der Waals surface area contributed by atoms with Crippen LogP contribution in [0, 0.1) is 5.92 Å². The Labute approximate surface area is 103 Å². The average molecular weight is 287 g/mol. The molecule has 0 saturated heterocycles. The molecule has 3 N–H and O–H groups in total. The van der Waals surface area contributed by atoms with Gasteiger partial charge in [0.15, 0.2) is 0 Å². The predicted octanol–water partition coefficient (Wildman–Crippen LogP) is 3.24. The first-order valence-corrected chi connectivity index (χ1v) is 5.77. The molecule has 0 fully saturated rings. The Morgan fingerprint density at radius 1 is 1.56 bits per heavy atom. The van der Waals surface area contributed by atoms with Crippen LogP contribution in [0.25, 0.3) is 0 Å². The maximum Gasteiger partial charge on any atom is 0.411 e. The molecule has 1 rings (SSSR count). The van der Waals surface area contributed by atoms with E-state index in [2.05, 4.69) is 21.2 Å². The van der Waals surface area contributed by atoms with Gasteiger partial charge in [0, 0.05) is 15.8 Å². The maximum absolute atomic E-state index is 11.3. The van der Waals surface area contributed by atoms with Crippen LogP contribution in [0.5, 0.6) is 0 Å². The van der Waals surface area contributed by atoms with Crippen molar-refractivity contribution in [1.82, 2.24) is 0 Å². The second kappa shape index (κ2) is 5.75. The first kappa shape index (κ1) is 12.8. The van der Waals surface area contributed by atoms with Gasteiger partial charge in [-0.1, -0.05) is 13.8 Å². The normalized spacial score (nSPS) is 10.2. The van der Waals surface area contributed by atoms with Crippen molar-refractivity contribution in [2.24, 2.45) is 5.92 Å². The van der Waals surface area contributed by atoms with Gasteiger partial charge in [0.2, 0.25) is 0 Å². The number of hydrogen-bond donors (Lipinski definition) is 2. The number of benzene rings is 1. The Kier molecular flexibility index (Phi) is 4.61. The van der Waals surface area contributed by atoms with Gasteiger partial charge in [0.1, 0.15) is 0 Å². The lowest BCUT2D eigenvalue weighted by atomic mass is 10.2. The van der Waals surface area contributed by atoms with Crippen molar-refractivity contribution in [3.8, 4) is 0 Å².